The second-order valence-corrected chi connectivity index (χ2v) is 6.86. The fraction of sp³-hybridized carbons (Fsp3) is 0.238. The van der Waals surface area contributed by atoms with Gasteiger partial charge in [-0.15, -0.1) is 0 Å². The molecule has 0 aromatic heterocycles. The van der Waals surface area contributed by atoms with Crippen molar-refractivity contribution in [3.63, 3.8) is 0 Å². The molecule has 2 aromatic carbocycles. The Hall–Kier alpha value is -3.68. The molecule has 1 atom stereocenters. The van der Waals surface area contributed by atoms with Crippen molar-refractivity contribution in [3.8, 4) is 5.75 Å². The molecule has 1 heterocycles. The van der Waals surface area contributed by atoms with E-state index >= 15 is 0 Å². The van der Waals surface area contributed by atoms with Crippen LogP contribution in [-0.2, 0) is 15.1 Å². The number of imide groups is 1. The number of ether oxygens (including phenoxy) is 1. The van der Waals surface area contributed by atoms with Crippen molar-refractivity contribution in [2.75, 3.05) is 19.0 Å². The molecule has 0 radical (unpaired) electrons. The first kappa shape index (κ1) is 20.1. The monoisotopic (exact) mass is 395 g/mol. The number of amides is 4. The maximum Gasteiger partial charge on any atom is 0.325 e. The summed E-state index contributed by atoms with van der Waals surface area (Å²) in [5, 5.41) is 5.25. The van der Waals surface area contributed by atoms with E-state index in [1.165, 1.54) is 20.1 Å². The van der Waals surface area contributed by atoms with Gasteiger partial charge in [0.2, 0.25) is 5.91 Å². The zero-order chi connectivity index (χ0) is 21.2. The van der Waals surface area contributed by atoms with Crippen LogP contribution in [0.1, 0.15) is 29.8 Å². The van der Waals surface area contributed by atoms with E-state index in [-0.39, 0.29) is 5.78 Å². The van der Waals surface area contributed by atoms with Crippen molar-refractivity contribution >= 4 is 29.3 Å². The average Bonchev–Trinajstić information content (AvgIpc) is 2.92. The summed E-state index contributed by atoms with van der Waals surface area (Å²) in [5.74, 6) is -0.677. The van der Waals surface area contributed by atoms with E-state index < -0.39 is 29.9 Å². The van der Waals surface area contributed by atoms with Crippen LogP contribution in [0, 0.1) is 0 Å². The number of benzene rings is 2. The van der Waals surface area contributed by atoms with Gasteiger partial charge in [0.05, 0.1) is 7.11 Å². The molecular formula is C21H21N3O5. The van der Waals surface area contributed by atoms with E-state index in [1.54, 1.807) is 49.4 Å². The van der Waals surface area contributed by atoms with Gasteiger partial charge in [0.1, 0.15) is 17.8 Å². The van der Waals surface area contributed by atoms with Crippen molar-refractivity contribution in [3.05, 3.63) is 59.7 Å². The van der Waals surface area contributed by atoms with Gasteiger partial charge < -0.3 is 15.4 Å². The molecule has 2 aromatic rings. The SMILES string of the molecule is COc1cccc([C@@]2(C)NC(=O)N(CC(=O)Nc3cccc(C(C)=O)c3)C2=O)c1. The molecule has 0 spiro atoms. The summed E-state index contributed by atoms with van der Waals surface area (Å²) in [6, 6.07) is 12.6. The molecule has 4 amide bonds. The standard InChI is InChI=1S/C21H21N3O5/c1-13(25)14-6-4-8-16(10-14)22-18(26)12-24-19(27)21(2,23-20(24)28)15-7-5-9-17(11-15)29-3/h4-11H,12H2,1-3H3,(H,22,26)(H,23,28)/t21-/m1/s1. The average molecular weight is 395 g/mol. The van der Waals surface area contributed by atoms with Gasteiger partial charge in [-0.25, -0.2) is 4.79 Å². The minimum atomic E-state index is -1.31. The summed E-state index contributed by atoms with van der Waals surface area (Å²) in [4.78, 5) is 50.1. The fourth-order valence-electron chi connectivity index (χ4n) is 3.13. The maximum atomic E-state index is 12.9. The van der Waals surface area contributed by atoms with Gasteiger partial charge in [0, 0.05) is 11.3 Å². The Balaban J connectivity index is 1.75. The third kappa shape index (κ3) is 3.96. The van der Waals surface area contributed by atoms with Crippen LogP contribution in [0.4, 0.5) is 10.5 Å². The summed E-state index contributed by atoms with van der Waals surface area (Å²) >= 11 is 0. The van der Waals surface area contributed by atoms with Crippen molar-refractivity contribution < 1.29 is 23.9 Å². The Morgan fingerprint density at radius 2 is 1.86 bits per heavy atom. The third-order valence-corrected chi connectivity index (χ3v) is 4.78. The second-order valence-electron chi connectivity index (χ2n) is 6.86. The molecule has 1 aliphatic rings. The van der Waals surface area contributed by atoms with Crippen molar-refractivity contribution in [1.29, 1.82) is 0 Å². The second kappa shape index (κ2) is 7.75. The first-order chi connectivity index (χ1) is 13.7. The molecule has 1 aliphatic heterocycles. The highest BCUT2D eigenvalue weighted by Crippen LogP contribution is 2.30. The number of anilines is 1. The number of hydrogen-bond acceptors (Lipinski definition) is 5. The third-order valence-electron chi connectivity index (χ3n) is 4.78. The molecule has 0 saturated carbocycles. The lowest BCUT2D eigenvalue weighted by Gasteiger charge is -2.22. The van der Waals surface area contributed by atoms with Crippen LogP contribution >= 0.6 is 0 Å². The summed E-state index contributed by atoms with van der Waals surface area (Å²) in [6.45, 7) is 2.55. The minimum absolute atomic E-state index is 0.135. The van der Waals surface area contributed by atoms with Crippen LogP contribution in [0.3, 0.4) is 0 Å². The summed E-state index contributed by atoms with van der Waals surface area (Å²) in [5.41, 5.74) is 0.0986. The van der Waals surface area contributed by atoms with Gasteiger partial charge in [-0.3, -0.25) is 19.3 Å². The first-order valence-electron chi connectivity index (χ1n) is 8.94. The molecule has 29 heavy (non-hydrogen) atoms. The van der Waals surface area contributed by atoms with Gasteiger partial charge in [-0.05, 0) is 43.7 Å². The maximum absolute atomic E-state index is 12.9. The fourth-order valence-corrected chi connectivity index (χ4v) is 3.13. The lowest BCUT2D eigenvalue weighted by Crippen LogP contribution is -2.42. The van der Waals surface area contributed by atoms with E-state index in [9.17, 15) is 19.2 Å². The van der Waals surface area contributed by atoms with E-state index in [2.05, 4.69) is 10.6 Å². The molecule has 8 heteroatoms. The molecule has 0 bridgehead atoms. The van der Waals surface area contributed by atoms with Crippen LogP contribution in [0.5, 0.6) is 5.75 Å². The molecule has 8 nitrogen and oxygen atoms in total. The van der Waals surface area contributed by atoms with E-state index in [0.29, 0.717) is 22.6 Å². The van der Waals surface area contributed by atoms with Crippen molar-refractivity contribution in [2.24, 2.45) is 0 Å². The van der Waals surface area contributed by atoms with Crippen LogP contribution in [-0.4, -0.2) is 42.2 Å². The predicted octanol–water partition coefficient (Wildman–Crippen LogP) is 2.30. The normalized spacial score (nSPS) is 18.4. The molecular weight excluding hydrogens is 374 g/mol. The number of methoxy groups -OCH3 is 1. The molecule has 1 fully saturated rings. The lowest BCUT2D eigenvalue weighted by molar-refractivity contribution is -0.133. The first-order valence-corrected chi connectivity index (χ1v) is 8.94. The Morgan fingerprint density at radius 1 is 1.14 bits per heavy atom. The van der Waals surface area contributed by atoms with Gasteiger partial charge in [-0.2, -0.15) is 0 Å². The minimum Gasteiger partial charge on any atom is -0.497 e. The summed E-state index contributed by atoms with van der Waals surface area (Å²) < 4.78 is 5.18. The number of nitrogens with one attached hydrogen (secondary N) is 2. The Bertz CT molecular complexity index is 1000. The number of hydrogen-bond donors (Lipinski definition) is 2. The van der Waals surface area contributed by atoms with E-state index in [0.717, 1.165) is 4.90 Å². The van der Waals surface area contributed by atoms with Crippen LogP contribution in [0.15, 0.2) is 48.5 Å². The molecule has 150 valence electrons. The van der Waals surface area contributed by atoms with Crippen LogP contribution < -0.4 is 15.4 Å². The number of nitrogens with zero attached hydrogens (tertiary/aromatic N) is 1. The van der Waals surface area contributed by atoms with Crippen LogP contribution in [0.2, 0.25) is 0 Å². The van der Waals surface area contributed by atoms with Crippen molar-refractivity contribution in [2.45, 2.75) is 19.4 Å². The number of carbonyl (C=O) groups is 4. The topological polar surface area (TPSA) is 105 Å². The zero-order valence-electron chi connectivity index (χ0n) is 16.3. The molecule has 2 N–H and O–H groups in total. The number of rotatable bonds is 6. The lowest BCUT2D eigenvalue weighted by atomic mass is 9.92. The Kier molecular flexibility index (Phi) is 5.36. The highest BCUT2D eigenvalue weighted by Gasteiger charge is 2.49. The molecule has 3 rings (SSSR count). The Labute approximate surface area is 167 Å². The predicted molar refractivity (Wildman–Crippen MR) is 106 cm³/mol. The van der Waals surface area contributed by atoms with E-state index in [1.807, 2.05) is 0 Å². The summed E-state index contributed by atoms with van der Waals surface area (Å²) in [7, 11) is 1.51. The van der Waals surface area contributed by atoms with Gasteiger partial charge >= 0.3 is 6.03 Å². The smallest absolute Gasteiger partial charge is 0.325 e. The van der Waals surface area contributed by atoms with Crippen LogP contribution in [0.25, 0.3) is 0 Å². The number of Topliss-reactive ketones (excluding diaryl/α,β-unsaturated/α-hetero) is 1. The number of carbonyl (C=O) groups excluding carboxylic acids is 4. The largest absolute Gasteiger partial charge is 0.497 e. The van der Waals surface area contributed by atoms with Gasteiger partial charge in [0.15, 0.2) is 5.78 Å². The quantitative estimate of drug-likeness (QED) is 0.577. The van der Waals surface area contributed by atoms with Gasteiger partial charge in [0.25, 0.3) is 5.91 Å². The number of ketones is 1. The molecule has 0 unspecified atom stereocenters. The Morgan fingerprint density at radius 3 is 2.55 bits per heavy atom. The zero-order valence-corrected chi connectivity index (χ0v) is 16.3. The highest BCUT2D eigenvalue weighted by atomic mass is 16.5. The molecule has 0 aliphatic carbocycles. The number of urea groups is 1. The molecule has 1 saturated heterocycles. The highest BCUT2D eigenvalue weighted by molar-refractivity contribution is 6.10. The van der Waals surface area contributed by atoms with Gasteiger partial charge in [-0.1, -0.05) is 24.3 Å². The summed E-state index contributed by atoms with van der Waals surface area (Å²) in [6.07, 6.45) is 0. The van der Waals surface area contributed by atoms with E-state index in [4.69, 9.17) is 4.74 Å². The van der Waals surface area contributed by atoms with Crippen molar-refractivity contribution in [1.82, 2.24) is 10.2 Å².